The largest absolute Gasteiger partial charge is 0.492 e. The Morgan fingerprint density at radius 3 is 2.40 bits per heavy atom. The second-order valence-electron chi connectivity index (χ2n) is 4.40. The van der Waals surface area contributed by atoms with E-state index in [-0.39, 0.29) is 5.91 Å². The molecule has 0 fully saturated rings. The minimum absolute atomic E-state index is 0.0278. The van der Waals surface area contributed by atoms with Gasteiger partial charge in [0.05, 0.1) is 24.6 Å². The van der Waals surface area contributed by atoms with E-state index in [1.54, 1.807) is 12.1 Å². The van der Waals surface area contributed by atoms with Crippen LogP contribution in [0, 0.1) is 0 Å². The number of carbonyl (C=O) groups is 1. The molecule has 0 aliphatic heterocycles. The van der Waals surface area contributed by atoms with E-state index in [2.05, 4.69) is 12.2 Å². The summed E-state index contributed by atoms with van der Waals surface area (Å²) < 4.78 is 10.9. The smallest absolute Gasteiger partial charge is 0.224 e. The fraction of sp³-hybridized carbons (Fsp3) is 0.533. The van der Waals surface area contributed by atoms with Gasteiger partial charge in [-0.25, -0.2) is 0 Å². The van der Waals surface area contributed by atoms with Crippen molar-refractivity contribution in [2.45, 2.75) is 40.0 Å². The second-order valence-corrected chi connectivity index (χ2v) is 4.40. The topological polar surface area (TPSA) is 73.6 Å². The van der Waals surface area contributed by atoms with E-state index in [4.69, 9.17) is 15.2 Å². The van der Waals surface area contributed by atoms with Gasteiger partial charge in [0.1, 0.15) is 11.5 Å². The summed E-state index contributed by atoms with van der Waals surface area (Å²) in [6.45, 7) is 6.84. The molecule has 1 amide bonds. The monoisotopic (exact) mass is 280 g/mol. The number of nitrogens with two attached hydrogens (primary N) is 1. The van der Waals surface area contributed by atoms with Gasteiger partial charge in [0, 0.05) is 18.6 Å². The molecule has 5 heteroatoms. The maximum atomic E-state index is 11.8. The van der Waals surface area contributed by atoms with Crippen LogP contribution in [0.4, 0.5) is 11.4 Å². The summed E-state index contributed by atoms with van der Waals surface area (Å²) >= 11 is 0. The number of nitrogen functional groups attached to an aromatic ring is 1. The van der Waals surface area contributed by atoms with Crippen LogP contribution in [0.5, 0.6) is 11.5 Å². The van der Waals surface area contributed by atoms with Gasteiger partial charge in [0.15, 0.2) is 0 Å². The van der Waals surface area contributed by atoms with E-state index in [0.717, 1.165) is 12.8 Å². The summed E-state index contributed by atoms with van der Waals surface area (Å²) in [5.74, 6) is 1.10. The van der Waals surface area contributed by atoms with Crippen molar-refractivity contribution in [3.05, 3.63) is 12.1 Å². The van der Waals surface area contributed by atoms with Crippen molar-refractivity contribution in [2.24, 2.45) is 0 Å². The van der Waals surface area contributed by atoms with Crippen molar-refractivity contribution < 1.29 is 14.3 Å². The molecule has 1 aromatic rings. The Labute approximate surface area is 120 Å². The summed E-state index contributed by atoms with van der Waals surface area (Å²) in [4.78, 5) is 11.8. The molecule has 0 atom stereocenters. The summed E-state index contributed by atoms with van der Waals surface area (Å²) in [6, 6.07) is 3.40. The lowest BCUT2D eigenvalue weighted by atomic mass is 10.2. The lowest BCUT2D eigenvalue weighted by Gasteiger charge is -2.15. The number of benzene rings is 1. The molecular weight excluding hydrogens is 256 g/mol. The Hall–Kier alpha value is -1.91. The first-order valence-corrected chi connectivity index (χ1v) is 7.11. The molecule has 0 radical (unpaired) electrons. The lowest BCUT2D eigenvalue weighted by Crippen LogP contribution is -2.13. The third-order valence-electron chi connectivity index (χ3n) is 2.74. The molecule has 0 unspecified atom stereocenters. The summed E-state index contributed by atoms with van der Waals surface area (Å²) in [6.07, 6.45) is 2.34. The molecular formula is C15H24N2O3. The van der Waals surface area contributed by atoms with E-state index in [1.807, 2.05) is 13.8 Å². The van der Waals surface area contributed by atoms with Gasteiger partial charge >= 0.3 is 0 Å². The number of rotatable bonds is 8. The first kappa shape index (κ1) is 16.1. The zero-order chi connectivity index (χ0) is 15.0. The first-order valence-electron chi connectivity index (χ1n) is 7.11. The van der Waals surface area contributed by atoms with E-state index in [1.165, 1.54) is 0 Å². The average molecular weight is 280 g/mol. The van der Waals surface area contributed by atoms with Crippen molar-refractivity contribution in [3.63, 3.8) is 0 Å². The van der Waals surface area contributed by atoms with Crippen LogP contribution in [0.15, 0.2) is 12.1 Å². The van der Waals surface area contributed by atoms with Crippen LogP contribution in [0.25, 0.3) is 0 Å². The van der Waals surface area contributed by atoms with E-state index in [0.29, 0.717) is 42.5 Å². The highest BCUT2D eigenvalue weighted by atomic mass is 16.5. The highest BCUT2D eigenvalue weighted by Crippen LogP contribution is 2.35. The van der Waals surface area contributed by atoms with E-state index < -0.39 is 0 Å². The lowest BCUT2D eigenvalue weighted by molar-refractivity contribution is -0.116. The zero-order valence-electron chi connectivity index (χ0n) is 12.5. The number of unbranched alkanes of at least 4 members (excludes halogenated alkanes) is 1. The van der Waals surface area contributed by atoms with Gasteiger partial charge < -0.3 is 20.5 Å². The highest BCUT2D eigenvalue weighted by Gasteiger charge is 2.12. The first-order chi connectivity index (χ1) is 9.62. The summed E-state index contributed by atoms with van der Waals surface area (Å²) in [7, 11) is 0. The van der Waals surface area contributed by atoms with Gasteiger partial charge in [-0.15, -0.1) is 0 Å². The van der Waals surface area contributed by atoms with Crippen molar-refractivity contribution in [3.8, 4) is 11.5 Å². The number of carbonyl (C=O) groups excluding carboxylic acids is 1. The van der Waals surface area contributed by atoms with Crippen LogP contribution in [-0.4, -0.2) is 19.1 Å². The van der Waals surface area contributed by atoms with Crippen LogP contribution in [0.2, 0.25) is 0 Å². The molecule has 0 bridgehead atoms. The molecule has 0 aliphatic rings. The molecule has 0 spiro atoms. The van der Waals surface area contributed by atoms with Crippen LogP contribution >= 0.6 is 0 Å². The molecule has 1 rings (SSSR count). The molecule has 0 aliphatic carbocycles. The minimum Gasteiger partial charge on any atom is -0.492 e. The van der Waals surface area contributed by atoms with Gasteiger partial charge in [-0.1, -0.05) is 13.3 Å². The molecule has 112 valence electrons. The van der Waals surface area contributed by atoms with Gasteiger partial charge in [-0.05, 0) is 20.3 Å². The Balaban J connectivity index is 2.94. The SMILES string of the molecule is CCCCC(=O)Nc1cc(OCC)c(N)cc1OCC. The number of anilines is 2. The molecule has 0 aromatic heterocycles. The molecule has 3 N–H and O–H groups in total. The van der Waals surface area contributed by atoms with Crippen LogP contribution < -0.4 is 20.5 Å². The number of hydrogen-bond acceptors (Lipinski definition) is 4. The molecule has 1 aromatic carbocycles. The molecule has 20 heavy (non-hydrogen) atoms. The van der Waals surface area contributed by atoms with Gasteiger partial charge in [0.2, 0.25) is 5.91 Å². The van der Waals surface area contributed by atoms with E-state index in [9.17, 15) is 4.79 Å². The maximum Gasteiger partial charge on any atom is 0.224 e. The van der Waals surface area contributed by atoms with Gasteiger partial charge in [-0.2, -0.15) is 0 Å². The number of hydrogen-bond donors (Lipinski definition) is 2. The predicted molar refractivity (Wildman–Crippen MR) is 81.3 cm³/mol. The fourth-order valence-corrected chi connectivity index (χ4v) is 1.78. The van der Waals surface area contributed by atoms with Crippen LogP contribution in [0.3, 0.4) is 0 Å². The normalized spacial score (nSPS) is 10.2. The molecule has 0 saturated heterocycles. The zero-order valence-corrected chi connectivity index (χ0v) is 12.5. The van der Waals surface area contributed by atoms with Crippen molar-refractivity contribution in [1.82, 2.24) is 0 Å². The summed E-state index contributed by atoms with van der Waals surface area (Å²) in [5, 5.41) is 2.86. The quantitative estimate of drug-likeness (QED) is 0.717. The maximum absolute atomic E-state index is 11.8. The van der Waals surface area contributed by atoms with Crippen LogP contribution in [-0.2, 0) is 4.79 Å². The van der Waals surface area contributed by atoms with E-state index >= 15 is 0 Å². The molecule has 5 nitrogen and oxygen atoms in total. The van der Waals surface area contributed by atoms with Gasteiger partial charge in [-0.3, -0.25) is 4.79 Å². The number of amides is 1. The Bertz CT molecular complexity index is 447. The minimum atomic E-state index is -0.0278. The molecule has 0 heterocycles. The number of nitrogens with one attached hydrogen (secondary N) is 1. The average Bonchev–Trinajstić information content (AvgIpc) is 2.42. The fourth-order valence-electron chi connectivity index (χ4n) is 1.78. The summed E-state index contributed by atoms with van der Waals surface area (Å²) in [5.41, 5.74) is 7.00. The van der Waals surface area contributed by atoms with Gasteiger partial charge in [0.25, 0.3) is 0 Å². The third kappa shape index (κ3) is 4.64. The Morgan fingerprint density at radius 2 is 1.80 bits per heavy atom. The second kappa shape index (κ2) is 8.30. The predicted octanol–water partition coefficient (Wildman–Crippen LogP) is 3.19. The van der Waals surface area contributed by atoms with Crippen molar-refractivity contribution in [1.29, 1.82) is 0 Å². The Morgan fingerprint density at radius 1 is 1.15 bits per heavy atom. The Kier molecular flexibility index (Phi) is 6.70. The standard InChI is InChI=1S/C15H24N2O3/c1-4-7-8-15(18)17-12-10-13(19-5-2)11(16)9-14(12)20-6-3/h9-10H,4-8,16H2,1-3H3,(H,17,18). The van der Waals surface area contributed by atoms with Crippen LogP contribution in [0.1, 0.15) is 40.0 Å². The third-order valence-corrected chi connectivity index (χ3v) is 2.74. The highest BCUT2D eigenvalue weighted by molar-refractivity contribution is 5.93. The number of ether oxygens (including phenoxy) is 2. The van der Waals surface area contributed by atoms with Crippen molar-refractivity contribution in [2.75, 3.05) is 24.3 Å². The molecule has 0 saturated carbocycles. The van der Waals surface area contributed by atoms with Crippen molar-refractivity contribution >= 4 is 17.3 Å².